The summed E-state index contributed by atoms with van der Waals surface area (Å²) in [7, 11) is 0. The summed E-state index contributed by atoms with van der Waals surface area (Å²) in [5, 5.41) is 8.55. The normalized spacial score (nSPS) is 11.0. The van der Waals surface area contributed by atoms with Crippen molar-refractivity contribution in [1.29, 1.82) is 0 Å². The molecule has 0 fully saturated rings. The number of nitrogens with zero attached hydrogens (tertiary/aromatic N) is 2. The predicted molar refractivity (Wildman–Crippen MR) is 80.6 cm³/mol. The summed E-state index contributed by atoms with van der Waals surface area (Å²) in [6.07, 6.45) is 0.456. The predicted octanol–water partition coefficient (Wildman–Crippen LogP) is 4.58. The zero-order valence-corrected chi connectivity index (χ0v) is 12.5. The number of alkyl halides is 2. The van der Waals surface area contributed by atoms with E-state index in [-0.39, 0.29) is 11.6 Å². The smallest absolute Gasteiger partial charge is 0.387 e. The molecule has 1 heterocycles. The van der Waals surface area contributed by atoms with Crippen LogP contribution in [0, 0.1) is 0 Å². The van der Waals surface area contributed by atoms with Crippen molar-refractivity contribution in [3.05, 3.63) is 65.0 Å². The van der Waals surface area contributed by atoms with Gasteiger partial charge in [-0.2, -0.15) is 8.78 Å². The number of aromatic nitrogens is 2. The van der Waals surface area contributed by atoms with E-state index in [0.717, 1.165) is 5.56 Å². The molecule has 7 heteroatoms. The summed E-state index contributed by atoms with van der Waals surface area (Å²) in [5.41, 5.74) is 1.48. The third-order valence-corrected chi connectivity index (χ3v) is 3.29. The van der Waals surface area contributed by atoms with Crippen molar-refractivity contribution < 1.29 is 17.9 Å². The quantitative estimate of drug-likeness (QED) is 0.684. The second-order valence-electron chi connectivity index (χ2n) is 4.71. The molecule has 2 aromatic carbocycles. The number of ether oxygens (including phenoxy) is 1. The zero-order valence-electron chi connectivity index (χ0n) is 11.7. The Hall–Kier alpha value is -2.47. The van der Waals surface area contributed by atoms with Crippen LogP contribution in [-0.2, 0) is 6.42 Å². The van der Waals surface area contributed by atoms with E-state index in [1.54, 1.807) is 24.3 Å². The third kappa shape index (κ3) is 4.04. The van der Waals surface area contributed by atoms with Gasteiger partial charge in [-0.3, -0.25) is 0 Å². The molecule has 0 bridgehead atoms. The first kappa shape index (κ1) is 15.4. The highest BCUT2D eigenvalue weighted by atomic mass is 35.5. The molecule has 0 spiro atoms. The number of hydrogen-bond donors (Lipinski definition) is 0. The lowest BCUT2D eigenvalue weighted by Crippen LogP contribution is -2.01. The molecule has 3 rings (SSSR count). The Bertz CT molecular complexity index is 791. The van der Waals surface area contributed by atoms with Crippen molar-refractivity contribution in [2.75, 3.05) is 0 Å². The minimum Gasteiger partial charge on any atom is -0.435 e. The van der Waals surface area contributed by atoms with Crippen LogP contribution in [-0.4, -0.2) is 16.8 Å². The first-order valence-electron chi connectivity index (χ1n) is 6.72. The van der Waals surface area contributed by atoms with Crippen LogP contribution in [0.5, 0.6) is 5.75 Å². The first-order chi connectivity index (χ1) is 11.1. The van der Waals surface area contributed by atoms with Crippen LogP contribution in [0.25, 0.3) is 11.5 Å². The maximum absolute atomic E-state index is 12.2. The maximum Gasteiger partial charge on any atom is 0.387 e. The lowest BCUT2D eigenvalue weighted by atomic mass is 10.1. The van der Waals surface area contributed by atoms with E-state index in [4.69, 9.17) is 16.0 Å². The molecule has 0 aliphatic carbocycles. The van der Waals surface area contributed by atoms with Crippen LogP contribution in [0.1, 0.15) is 11.5 Å². The van der Waals surface area contributed by atoms with Crippen molar-refractivity contribution in [2.24, 2.45) is 0 Å². The summed E-state index contributed by atoms with van der Waals surface area (Å²) in [6, 6.07) is 13.4. The van der Waals surface area contributed by atoms with Crippen LogP contribution in [0.4, 0.5) is 8.78 Å². The van der Waals surface area contributed by atoms with Gasteiger partial charge in [0.2, 0.25) is 11.8 Å². The van der Waals surface area contributed by atoms with Crippen molar-refractivity contribution in [3.63, 3.8) is 0 Å². The fraction of sp³-hybridized carbons (Fsp3) is 0.125. The molecule has 0 saturated heterocycles. The van der Waals surface area contributed by atoms with Gasteiger partial charge in [-0.15, -0.1) is 10.2 Å². The van der Waals surface area contributed by atoms with Gasteiger partial charge >= 0.3 is 6.61 Å². The summed E-state index contributed by atoms with van der Waals surface area (Å²) in [6.45, 7) is -2.88. The van der Waals surface area contributed by atoms with E-state index >= 15 is 0 Å². The van der Waals surface area contributed by atoms with Gasteiger partial charge in [0.1, 0.15) is 5.75 Å². The Balaban J connectivity index is 1.77. The average molecular weight is 337 g/mol. The largest absolute Gasteiger partial charge is 0.435 e. The number of benzene rings is 2. The minimum atomic E-state index is -2.88. The van der Waals surface area contributed by atoms with Crippen LogP contribution in [0.15, 0.2) is 52.9 Å². The first-order valence-corrected chi connectivity index (χ1v) is 7.10. The number of halogens is 3. The summed E-state index contributed by atoms with van der Waals surface area (Å²) < 4.78 is 34.4. The molecule has 3 aromatic rings. The second kappa shape index (κ2) is 6.75. The fourth-order valence-corrected chi connectivity index (χ4v) is 2.15. The molecule has 0 atom stereocenters. The lowest BCUT2D eigenvalue weighted by molar-refractivity contribution is -0.0498. The zero-order chi connectivity index (χ0) is 16.2. The molecule has 0 aliphatic heterocycles. The molecule has 0 aliphatic rings. The van der Waals surface area contributed by atoms with Gasteiger partial charge in [0, 0.05) is 10.6 Å². The Labute approximate surface area is 135 Å². The third-order valence-electron chi connectivity index (χ3n) is 3.04. The Morgan fingerprint density at radius 2 is 1.87 bits per heavy atom. The molecule has 0 amide bonds. The molecule has 0 unspecified atom stereocenters. The van der Waals surface area contributed by atoms with Crippen molar-refractivity contribution in [2.45, 2.75) is 13.0 Å². The van der Waals surface area contributed by atoms with Gasteiger partial charge in [0.25, 0.3) is 0 Å². The Kier molecular flexibility index (Phi) is 4.52. The van der Waals surface area contributed by atoms with Crippen LogP contribution >= 0.6 is 11.6 Å². The molecule has 0 saturated carbocycles. The highest BCUT2D eigenvalue weighted by molar-refractivity contribution is 6.30. The van der Waals surface area contributed by atoms with Gasteiger partial charge < -0.3 is 9.15 Å². The lowest BCUT2D eigenvalue weighted by Gasteiger charge is -2.04. The van der Waals surface area contributed by atoms with Gasteiger partial charge in [0.15, 0.2) is 0 Å². The number of rotatable bonds is 5. The molecule has 118 valence electrons. The highest BCUT2D eigenvalue weighted by Gasteiger charge is 2.11. The summed E-state index contributed by atoms with van der Waals surface area (Å²) in [4.78, 5) is 0. The molecular weight excluding hydrogens is 326 g/mol. The van der Waals surface area contributed by atoms with E-state index < -0.39 is 6.61 Å². The molecule has 1 aromatic heterocycles. The molecular formula is C16H11ClF2N2O2. The molecule has 23 heavy (non-hydrogen) atoms. The maximum atomic E-state index is 12.2. The standard InChI is InChI=1S/C16H11ClF2N2O2/c17-12-6-4-10(5-7-12)8-14-20-21-15(23-14)11-2-1-3-13(9-11)22-16(18)19/h1-7,9,16H,8H2. The van der Waals surface area contributed by atoms with Crippen LogP contribution in [0.3, 0.4) is 0 Å². The van der Waals surface area contributed by atoms with Crippen LogP contribution in [0.2, 0.25) is 5.02 Å². The molecule has 0 N–H and O–H groups in total. The second-order valence-corrected chi connectivity index (χ2v) is 5.15. The van der Waals surface area contributed by atoms with E-state index in [1.165, 1.54) is 12.1 Å². The van der Waals surface area contributed by atoms with E-state index in [1.807, 2.05) is 12.1 Å². The fourth-order valence-electron chi connectivity index (χ4n) is 2.02. The average Bonchev–Trinajstić information content (AvgIpc) is 2.98. The summed E-state index contributed by atoms with van der Waals surface area (Å²) >= 11 is 5.83. The minimum absolute atomic E-state index is 0.0370. The van der Waals surface area contributed by atoms with E-state index in [0.29, 0.717) is 22.9 Å². The van der Waals surface area contributed by atoms with Crippen LogP contribution < -0.4 is 4.74 Å². The van der Waals surface area contributed by atoms with Gasteiger partial charge in [-0.1, -0.05) is 29.8 Å². The molecule has 4 nitrogen and oxygen atoms in total. The van der Waals surface area contributed by atoms with Gasteiger partial charge in [-0.25, -0.2) is 0 Å². The van der Waals surface area contributed by atoms with E-state index in [2.05, 4.69) is 14.9 Å². The topological polar surface area (TPSA) is 48.2 Å². The van der Waals surface area contributed by atoms with Crippen molar-refractivity contribution in [3.8, 4) is 17.2 Å². The Morgan fingerprint density at radius 3 is 2.61 bits per heavy atom. The monoisotopic (exact) mass is 336 g/mol. The summed E-state index contributed by atoms with van der Waals surface area (Å²) in [5.74, 6) is 0.700. The Morgan fingerprint density at radius 1 is 1.09 bits per heavy atom. The molecule has 0 radical (unpaired) electrons. The van der Waals surface area contributed by atoms with Crippen molar-refractivity contribution in [1.82, 2.24) is 10.2 Å². The van der Waals surface area contributed by atoms with Gasteiger partial charge in [0.05, 0.1) is 6.42 Å². The number of hydrogen-bond acceptors (Lipinski definition) is 4. The van der Waals surface area contributed by atoms with Crippen molar-refractivity contribution >= 4 is 11.6 Å². The van der Waals surface area contributed by atoms with E-state index in [9.17, 15) is 8.78 Å². The SMILES string of the molecule is FC(F)Oc1cccc(-c2nnc(Cc3ccc(Cl)cc3)o2)c1. The van der Waals surface area contributed by atoms with Gasteiger partial charge in [-0.05, 0) is 35.9 Å². The highest BCUT2D eigenvalue weighted by Crippen LogP contribution is 2.24.